The molecular formula is C22H29N3O2. The Morgan fingerprint density at radius 2 is 2.15 bits per heavy atom. The Morgan fingerprint density at radius 3 is 2.93 bits per heavy atom. The minimum atomic E-state index is 0.145. The molecule has 1 saturated carbocycles. The van der Waals surface area contributed by atoms with Gasteiger partial charge in [0, 0.05) is 49.0 Å². The number of ether oxygens (including phenoxy) is 1. The zero-order valence-corrected chi connectivity index (χ0v) is 16.3. The summed E-state index contributed by atoms with van der Waals surface area (Å²) < 4.78 is 5.25. The largest absolute Gasteiger partial charge is 0.385 e. The number of likely N-dealkylation sites (tertiary alicyclic amines) is 1. The smallest absolute Gasteiger partial charge is 0.254 e. The van der Waals surface area contributed by atoms with E-state index >= 15 is 0 Å². The van der Waals surface area contributed by atoms with E-state index in [1.54, 1.807) is 7.11 Å². The van der Waals surface area contributed by atoms with Crippen LogP contribution in [0.3, 0.4) is 0 Å². The summed E-state index contributed by atoms with van der Waals surface area (Å²) in [6.07, 6.45) is 6.69. The molecular weight excluding hydrogens is 338 g/mol. The molecule has 144 valence electrons. The zero-order valence-electron chi connectivity index (χ0n) is 16.3. The summed E-state index contributed by atoms with van der Waals surface area (Å²) in [5.74, 6) is 0.719. The third kappa shape index (κ3) is 3.79. The number of aromatic amines is 1. The lowest BCUT2D eigenvalue weighted by Gasteiger charge is -2.36. The number of rotatable bonds is 6. The number of carbonyl (C=O) groups excluding carboxylic acids is 1. The Morgan fingerprint density at radius 1 is 1.30 bits per heavy atom. The van der Waals surface area contributed by atoms with Gasteiger partial charge in [-0.05, 0) is 63.1 Å². The van der Waals surface area contributed by atoms with Gasteiger partial charge < -0.3 is 9.64 Å². The highest BCUT2D eigenvalue weighted by Crippen LogP contribution is 2.44. The first kappa shape index (κ1) is 18.2. The topological polar surface area (TPSA) is 58.2 Å². The van der Waals surface area contributed by atoms with Crippen LogP contribution in [0.25, 0.3) is 11.1 Å². The van der Waals surface area contributed by atoms with Gasteiger partial charge in [0.1, 0.15) is 0 Å². The minimum Gasteiger partial charge on any atom is -0.385 e. The van der Waals surface area contributed by atoms with Crippen LogP contribution in [0, 0.1) is 6.92 Å². The average molecular weight is 367 g/mol. The molecule has 0 spiro atoms. The molecule has 5 nitrogen and oxygen atoms in total. The van der Waals surface area contributed by atoms with E-state index in [1.807, 2.05) is 18.2 Å². The predicted molar refractivity (Wildman–Crippen MR) is 106 cm³/mol. The molecule has 0 bridgehead atoms. The van der Waals surface area contributed by atoms with E-state index in [9.17, 15) is 4.79 Å². The van der Waals surface area contributed by atoms with Crippen LogP contribution in [0.2, 0.25) is 0 Å². The van der Waals surface area contributed by atoms with Gasteiger partial charge in [-0.25, -0.2) is 0 Å². The molecule has 4 rings (SSSR count). The Kier molecular flexibility index (Phi) is 5.30. The van der Waals surface area contributed by atoms with Gasteiger partial charge >= 0.3 is 0 Å². The van der Waals surface area contributed by atoms with Crippen molar-refractivity contribution in [2.75, 3.05) is 20.3 Å². The zero-order chi connectivity index (χ0) is 18.8. The number of amides is 1. The lowest BCUT2D eigenvalue weighted by Crippen LogP contribution is -2.44. The van der Waals surface area contributed by atoms with Gasteiger partial charge in [0.25, 0.3) is 5.91 Å². The van der Waals surface area contributed by atoms with E-state index in [1.165, 1.54) is 24.8 Å². The first-order valence-electron chi connectivity index (χ1n) is 10.1. The molecule has 2 aliphatic rings. The molecule has 1 aromatic carbocycles. The number of nitrogens with zero attached hydrogens (tertiary/aromatic N) is 2. The number of aromatic nitrogens is 2. The summed E-state index contributed by atoms with van der Waals surface area (Å²) in [6.45, 7) is 3.61. The van der Waals surface area contributed by atoms with Crippen molar-refractivity contribution >= 4 is 5.91 Å². The third-order valence-corrected chi connectivity index (χ3v) is 5.88. The summed E-state index contributed by atoms with van der Waals surface area (Å²) in [4.78, 5) is 15.3. The average Bonchev–Trinajstić information content (AvgIpc) is 3.48. The SMILES string of the molecule is COCCC1CCCCN1C(=O)c1cccc(-c2c(C3CC3)n[nH]c2C)c1. The standard InChI is InChI=1S/C22H29N3O2/c1-15-20(21(24-23-15)16-9-10-16)17-6-5-7-18(14-17)22(26)25-12-4-3-8-19(25)11-13-27-2/h5-7,14,16,19H,3-4,8-13H2,1-2H3,(H,23,24). The fourth-order valence-electron chi connectivity index (χ4n) is 4.26. The van der Waals surface area contributed by atoms with Crippen molar-refractivity contribution < 1.29 is 9.53 Å². The normalized spacial score (nSPS) is 20.1. The molecule has 1 unspecified atom stereocenters. The highest BCUT2D eigenvalue weighted by Gasteiger charge is 2.31. The first-order valence-corrected chi connectivity index (χ1v) is 10.1. The molecule has 27 heavy (non-hydrogen) atoms. The van der Waals surface area contributed by atoms with Crippen LogP contribution >= 0.6 is 0 Å². The number of carbonyl (C=O) groups is 1. The summed E-state index contributed by atoms with van der Waals surface area (Å²) in [7, 11) is 1.73. The number of nitrogens with one attached hydrogen (secondary N) is 1. The van der Waals surface area contributed by atoms with Crippen molar-refractivity contribution in [3.05, 3.63) is 41.2 Å². The second kappa shape index (κ2) is 7.85. The van der Waals surface area contributed by atoms with Crippen LogP contribution in [0.15, 0.2) is 24.3 Å². The predicted octanol–water partition coefficient (Wildman–Crippen LogP) is 4.29. The second-order valence-corrected chi connectivity index (χ2v) is 7.89. The highest BCUT2D eigenvalue weighted by molar-refractivity contribution is 5.96. The number of aryl methyl sites for hydroxylation is 1. The Bertz CT molecular complexity index is 810. The van der Waals surface area contributed by atoms with E-state index in [-0.39, 0.29) is 11.9 Å². The van der Waals surface area contributed by atoms with Gasteiger partial charge in [0.2, 0.25) is 0 Å². The molecule has 1 N–H and O–H groups in total. The minimum absolute atomic E-state index is 0.145. The van der Waals surface area contributed by atoms with Gasteiger partial charge in [0.15, 0.2) is 0 Å². The van der Waals surface area contributed by atoms with Crippen LogP contribution < -0.4 is 0 Å². The van der Waals surface area contributed by atoms with Crippen molar-refractivity contribution in [3.63, 3.8) is 0 Å². The van der Waals surface area contributed by atoms with E-state index in [0.717, 1.165) is 48.3 Å². The van der Waals surface area contributed by atoms with E-state index in [2.05, 4.69) is 28.1 Å². The summed E-state index contributed by atoms with van der Waals surface area (Å²) in [5, 5.41) is 7.67. The fourth-order valence-corrected chi connectivity index (χ4v) is 4.26. The second-order valence-electron chi connectivity index (χ2n) is 7.89. The van der Waals surface area contributed by atoms with Crippen molar-refractivity contribution in [1.82, 2.24) is 15.1 Å². The van der Waals surface area contributed by atoms with Crippen molar-refractivity contribution in [1.29, 1.82) is 0 Å². The molecule has 2 aromatic rings. The van der Waals surface area contributed by atoms with Gasteiger partial charge in [-0.15, -0.1) is 0 Å². The van der Waals surface area contributed by atoms with Gasteiger partial charge in [-0.3, -0.25) is 9.89 Å². The van der Waals surface area contributed by atoms with Gasteiger partial charge in [0.05, 0.1) is 5.69 Å². The molecule has 1 saturated heterocycles. The summed E-state index contributed by atoms with van der Waals surface area (Å²) in [6, 6.07) is 8.38. The molecule has 0 radical (unpaired) electrons. The monoisotopic (exact) mass is 367 g/mol. The number of hydrogen-bond acceptors (Lipinski definition) is 3. The maximum Gasteiger partial charge on any atom is 0.254 e. The van der Waals surface area contributed by atoms with Crippen LogP contribution in [-0.4, -0.2) is 47.3 Å². The van der Waals surface area contributed by atoms with Crippen LogP contribution in [0.4, 0.5) is 0 Å². The van der Waals surface area contributed by atoms with E-state index in [4.69, 9.17) is 4.74 Å². The third-order valence-electron chi connectivity index (χ3n) is 5.88. The van der Waals surface area contributed by atoms with Crippen LogP contribution in [0.5, 0.6) is 0 Å². The van der Waals surface area contributed by atoms with Crippen molar-refractivity contribution in [2.45, 2.75) is 57.4 Å². The number of methoxy groups -OCH3 is 1. The lowest BCUT2D eigenvalue weighted by atomic mass is 9.96. The fraction of sp³-hybridized carbons (Fsp3) is 0.545. The molecule has 1 aromatic heterocycles. The summed E-state index contributed by atoms with van der Waals surface area (Å²) in [5.41, 5.74) is 5.30. The summed E-state index contributed by atoms with van der Waals surface area (Å²) >= 11 is 0. The van der Waals surface area contributed by atoms with Crippen molar-refractivity contribution in [3.8, 4) is 11.1 Å². The number of piperidine rings is 1. The molecule has 5 heteroatoms. The Labute approximate surface area is 161 Å². The van der Waals surface area contributed by atoms with Crippen LogP contribution in [0.1, 0.15) is 66.2 Å². The molecule has 2 heterocycles. The number of H-pyrrole nitrogens is 1. The van der Waals surface area contributed by atoms with E-state index in [0.29, 0.717) is 12.5 Å². The van der Waals surface area contributed by atoms with Gasteiger partial charge in [-0.1, -0.05) is 12.1 Å². The highest BCUT2D eigenvalue weighted by atomic mass is 16.5. The van der Waals surface area contributed by atoms with Crippen molar-refractivity contribution in [2.24, 2.45) is 0 Å². The number of benzene rings is 1. The maximum absolute atomic E-state index is 13.3. The Hall–Kier alpha value is -2.14. The number of hydrogen-bond donors (Lipinski definition) is 1. The van der Waals surface area contributed by atoms with Crippen LogP contribution in [-0.2, 0) is 4.74 Å². The lowest BCUT2D eigenvalue weighted by molar-refractivity contribution is 0.0553. The maximum atomic E-state index is 13.3. The quantitative estimate of drug-likeness (QED) is 0.828. The first-order chi connectivity index (χ1) is 13.2. The molecule has 1 aliphatic heterocycles. The Balaban J connectivity index is 1.60. The molecule has 1 atom stereocenters. The molecule has 1 aliphatic carbocycles. The molecule has 1 amide bonds. The molecule has 2 fully saturated rings. The van der Waals surface area contributed by atoms with E-state index < -0.39 is 0 Å². The van der Waals surface area contributed by atoms with Gasteiger partial charge in [-0.2, -0.15) is 5.10 Å².